The minimum atomic E-state index is 1.68. The minimum Gasteiger partial charge on any atom is -0.358 e. The predicted molar refractivity (Wildman–Crippen MR) is 363 cm³/mol. The van der Waals surface area contributed by atoms with E-state index in [4.69, 9.17) is 6.42 Å². The minimum absolute atomic E-state index is 1.68. The Labute approximate surface area is 548 Å². The van der Waals surface area contributed by atoms with Crippen molar-refractivity contribution in [2.24, 2.45) is 0 Å². The lowest BCUT2D eigenvalue weighted by atomic mass is 10.4. The summed E-state index contributed by atoms with van der Waals surface area (Å²) in [6.45, 7) is 1.68. The molecule has 0 rings (SSSR count). The predicted octanol–water partition coefficient (Wildman–Crippen LogP) is 0.749. The van der Waals surface area contributed by atoms with Crippen molar-refractivity contribution in [1.29, 1.82) is 0 Å². The summed E-state index contributed by atoms with van der Waals surface area (Å²) in [7, 11) is 0. The first-order valence-electron chi connectivity index (χ1n) is 23.2. The van der Waals surface area contributed by atoms with Crippen LogP contribution in [0.15, 0.2) is 0 Å². The van der Waals surface area contributed by atoms with Gasteiger partial charge in [-0.3, -0.25) is 5.92 Å². The smallest absolute Gasteiger partial charge is 0 e. The Kier molecular flexibility index (Phi) is 56.1. The monoisotopic (exact) mass is 1120 g/mol. The van der Waals surface area contributed by atoms with Gasteiger partial charge in [0.15, 0.2) is 0 Å². The van der Waals surface area contributed by atoms with Crippen LogP contribution in [-0.2, 0) is 0 Å². The van der Waals surface area contributed by atoms with Crippen LogP contribution in [0.3, 0.4) is 0 Å². The first kappa shape index (κ1) is 72.8. The van der Waals surface area contributed by atoms with E-state index in [1.165, 1.54) is 0 Å². The van der Waals surface area contributed by atoms with E-state index in [-0.39, 0.29) is 0 Å². The first-order chi connectivity index (χ1) is 46.4. The molecule has 0 saturated carbocycles. The summed E-state index contributed by atoms with van der Waals surface area (Å²) in [5.74, 6) is 226. The van der Waals surface area contributed by atoms with Crippen LogP contribution in [0.2, 0.25) is 0 Å². The van der Waals surface area contributed by atoms with Crippen molar-refractivity contribution >= 4 is 0 Å². The second-order valence-electron chi connectivity index (χ2n) is 11.5. The van der Waals surface area contributed by atoms with Crippen LogP contribution in [0.1, 0.15) is 6.92 Å². The lowest BCUT2D eigenvalue weighted by Crippen LogP contribution is -1.57. The van der Waals surface area contributed by atoms with Crippen molar-refractivity contribution in [2.45, 2.75) is 6.92 Å². The van der Waals surface area contributed by atoms with Gasteiger partial charge in [-0.15, -0.1) is 5.92 Å². The van der Waals surface area contributed by atoms with E-state index < -0.39 is 0 Å². The molecule has 0 aliphatic carbocycles. The standard InChI is InChI=1S/C93H3/c1-3-5-7-9-11-13-15-17-19-21-23-25-27-29-31-33-35-37-39-41-43-45-47-49-51-53-55-57-59-61-63-65-67-69-71-73-75-77-79-81-83-85-87-89-91-93-92-90-88-86-84-82-80-78-76-74-72-70-68-66-64-62-60-58-56-54-52-50-48-46-44-42-40-38-36-34-32-30-28-26-24-22-20-18-16-14-12-10-8-6-4-2/h1H3/q-1. The molecule has 0 heteroatoms. The van der Waals surface area contributed by atoms with Gasteiger partial charge in [-0.05, 0) is 102 Å². The molecule has 0 nitrogen and oxygen atoms in total. The maximum Gasteiger partial charge on any atom is 0 e. The molecule has 0 aromatic rings. The quantitative estimate of drug-likeness (QED) is 0.249. The number of hydrogen-bond donors (Lipinski definition) is 0. The molecule has 0 amide bonds. The highest BCUT2D eigenvalue weighted by atomic mass is 13.7. The fraction of sp³-hybridized carbons (Fsp3) is 0.0108. The SMILES string of the molecule is [C-]#CC#CC#CC#CC#CC#CC#CC#CC#CC#CC#CC#CC#CC#CC#CC#CC#CC#CC#CC#CC#CC#CC#CC#CC#CC#CC#CC#CC#CC#CC#CC#CC#CC#CC#CC#CC#CC#CC#CC#CC#CC#CC#CC#CC#CC#CC. The highest BCUT2D eigenvalue weighted by Crippen LogP contribution is 1.66. The summed E-state index contributed by atoms with van der Waals surface area (Å²) in [4.78, 5) is 0. The molecule has 0 unspecified atom stereocenters. The number of rotatable bonds is 0. The van der Waals surface area contributed by atoms with Gasteiger partial charge < -0.3 is 6.42 Å². The molecule has 0 bridgehead atoms. The summed E-state index contributed by atoms with van der Waals surface area (Å²) in [6.07, 6.45) is 6.59. The molecule has 0 radical (unpaired) electrons. The van der Waals surface area contributed by atoms with Crippen molar-refractivity contribution in [1.82, 2.24) is 0 Å². The zero-order valence-electron chi connectivity index (χ0n) is 47.0. The topological polar surface area (TPSA) is 0 Å². The Morgan fingerprint density at radius 1 is 0.0860 bits per heavy atom. The van der Waals surface area contributed by atoms with Gasteiger partial charge in [-0.2, -0.15) is 0 Å². The molecule has 0 saturated heterocycles. The zero-order valence-corrected chi connectivity index (χ0v) is 47.0. The van der Waals surface area contributed by atoms with E-state index in [0.29, 0.717) is 0 Å². The third-order valence-corrected chi connectivity index (χ3v) is 5.69. The second-order valence-corrected chi connectivity index (χ2v) is 11.5. The number of hydrogen-bond acceptors (Lipinski definition) is 0. The van der Waals surface area contributed by atoms with E-state index >= 15 is 0 Å². The molecule has 93 heavy (non-hydrogen) atoms. The van der Waals surface area contributed by atoms with E-state index in [1.807, 2.05) is 5.92 Å². The Bertz CT molecular complexity index is 6490. The molecule has 0 aliphatic heterocycles. The van der Waals surface area contributed by atoms with Crippen LogP contribution in [-0.4, -0.2) is 0 Å². The maximum atomic E-state index is 6.59. The van der Waals surface area contributed by atoms with Crippen molar-refractivity contribution in [3.63, 3.8) is 0 Å². The van der Waals surface area contributed by atoms with Crippen LogP contribution >= 0.6 is 0 Å². The molecule has 376 valence electrons. The van der Waals surface area contributed by atoms with Gasteiger partial charge in [0.2, 0.25) is 0 Å². The molecular weight excluding hydrogens is 1120 g/mol. The van der Waals surface area contributed by atoms with Crippen LogP contribution < -0.4 is 0 Å². The normalized spacial score (nSPS) is 3.96. The van der Waals surface area contributed by atoms with Gasteiger partial charge in [-0.25, -0.2) is 5.92 Å². The maximum absolute atomic E-state index is 6.59. The molecule has 0 spiro atoms. The van der Waals surface area contributed by atoms with Crippen LogP contribution in [0.5, 0.6) is 0 Å². The van der Waals surface area contributed by atoms with E-state index in [2.05, 4.69) is 533 Å². The average molecular weight is 1120 g/mol. The third kappa shape index (κ3) is 71.8. The van der Waals surface area contributed by atoms with Crippen molar-refractivity contribution in [2.75, 3.05) is 0 Å². The molecule has 0 aromatic carbocycles. The van der Waals surface area contributed by atoms with Gasteiger partial charge in [0.1, 0.15) is 0 Å². The lowest BCUT2D eigenvalue weighted by molar-refractivity contribution is 1.92. The van der Waals surface area contributed by atoms with Gasteiger partial charge in [0.05, 0.1) is 0 Å². The molecule has 0 heterocycles. The zero-order chi connectivity index (χ0) is 66.3. The van der Waals surface area contributed by atoms with Crippen LogP contribution in [0.4, 0.5) is 0 Å². The molecular formula is C93H3-. The van der Waals surface area contributed by atoms with E-state index in [0.717, 1.165) is 0 Å². The van der Waals surface area contributed by atoms with Gasteiger partial charge in [-0.1, -0.05) is 5.92 Å². The summed E-state index contributed by atoms with van der Waals surface area (Å²) in [5, 5.41) is 0. The Hall–Kier alpha value is -20.2. The van der Waals surface area contributed by atoms with Gasteiger partial charge in [0, 0.05) is 420 Å². The van der Waals surface area contributed by atoms with Gasteiger partial charge >= 0.3 is 0 Å². The highest BCUT2D eigenvalue weighted by molar-refractivity contribution is 5.55. The fourth-order valence-corrected chi connectivity index (χ4v) is 2.81. The van der Waals surface area contributed by atoms with Crippen molar-refractivity contribution in [3.05, 3.63) is 6.42 Å². The summed E-state index contributed by atoms with van der Waals surface area (Å²) >= 11 is 0. The Balaban J connectivity index is 4.63. The summed E-state index contributed by atoms with van der Waals surface area (Å²) in [6, 6.07) is 0. The van der Waals surface area contributed by atoms with Crippen LogP contribution in [0.25, 0.3) is 0 Å². The highest BCUT2D eigenvalue weighted by Gasteiger charge is 1.66. The second kappa shape index (κ2) is 71.8. The first-order valence-corrected chi connectivity index (χ1v) is 23.2. The average Bonchev–Trinajstić information content (AvgIpc) is 3.58. The summed E-state index contributed by atoms with van der Waals surface area (Å²) < 4.78 is 0. The summed E-state index contributed by atoms with van der Waals surface area (Å²) in [5.41, 5.74) is 0. The lowest BCUT2D eigenvalue weighted by Gasteiger charge is -1.63. The van der Waals surface area contributed by atoms with E-state index in [1.54, 1.807) is 6.92 Å². The van der Waals surface area contributed by atoms with E-state index in [9.17, 15) is 0 Å². The van der Waals surface area contributed by atoms with Gasteiger partial charge in [0.25, 0.3) is 0 Å². The largest absolute Gasteiger partial charge is 0.358 e. The fourth-order valence-electron chi connectivity index (χ4n) is 2.81. The van der Waals surface area contributed by atoms with Crippen molar-refractivity contribution < 1.29 is 0 Å². The molecule has 0 atom stereocenters. The van der Waals surface area contributed by atoms with Crippen molar-refractivity contribution in [3.8, 4) is 539 Å². The Morgan fingerprint density at radius 2 is 0.140 bits per heavy atom. The molecule has 0 fully saturated rings. The third-order valence-electron chi connectivity index (χ3n) is 5.69. The van der Waals surface area contributed by atoms with Crippen LogP contribution in [0, 0.1) is 545 Å². The molecule has 0 N–H and O–H groups in total. The molecule has 0 aliphatic rings. The Morgan fingerprint density at radius 3 is 0.194 bits per heavy atom. The molecule has 0 aromatic heterocycles.